The number of hydrogen-bond donors (Lipinski definition) is 2. The highest BCUT2D eigenvalue weighted by Gasteiger charge is 2.25. The van der Waals surface area contributed by atoms with E-state index in [2.05, 4.69) is 29.4 Å². The van der Waals surface area contributed by atoms with Crippen LogP contribution in [0, 0.1) is 0 Å². The maximum atomic E-state index is 11.1. The Morgan fingerprint density at radius 3 is 2.68 bits per heavy atom. The molecule has 6 nitrogen and oxygen atoms in total. The summed E-state index contributed by atoms with van der Waals surface area (Å²) >= 11 is 0. The lowest BCUT2D eigenvalue weighted by molar-refractivity contribution is 0.0424. The highest BCUT2D eigenvalue weighted by molar-refractivity contribution is 5.88. The smallest absolute Gasteiger partial charge is 0.339 e. The molecule has 0 bridgehead atoms. The number of piperidine rings is 1. The summed E-state index contributed by atoms with van der Waals surface area (Å²) in [7, 11) is 1.77. The van der Waals surface area contributed by atoms with Crippen LogP contribution in [-0.2, 0) is 13.6 Å². The van der Waals surface area contributed by atoms with Gasteiger partial charge in [0.2, 0.25) is 0 Å². The summed E-state index contributed by atoms with van der Waals surface area (Å²) in [5.41, 5.74) is 4.35. The Hall–Kier alpha value is -1.40. The first-order chi connectivity index (χ1) is 9.00. The van der Waals surface area contributed by atoms with Crippen molar-refractivity contribution in [1.82, 2.24) is 20.2 Å². The van der Waals surface area contributed by atoms with Crippen molar-refractivity contribution in [3.63, 3.8) is 0 Å². The predicted octanol–water partition coefficient (Wildman–Crippen LogP) is 1.39. The number of nitrogens with one attached hydrogen (secondary N) is 1. The van der Waals surface area contributed by atoms with Crippen LogP contribution in [0.2, 0.25) is 0 Å². The Kier molecular flexibility index (Phi) is 4.21. The van der Waals surface area contributed by atoms with Crippen molar-refractivity contribution in [2.24, 2.45) is 7.05 Å². The number of carbonyl (C=O) groups is 1. The third-order valence-electron chi connectivity index (χ3n) is 3.91. The number of aryl methyl sites for hydroxylation is 1. The lowest BCUT2D eigenvalue weighted by Crippen LogP contribution is -2.51. The summed E-state index contributed by atoms with van der Waals surface area (Å²) in [5.74, 6) is -0.926. The molecule has 1 fully saturated rings. The summed E-state index contributed by atoms with van der Waals surface area (Å²) in [4.78, 5) is 11.1. The zero-order valence-corrected chi connectivity index (χ0v) is 11.8. The van der Waals surface area contributed by atoms with Crippen LogP contribution in [0.15, 0.2) is 6.20 Å². The molecule has 2 N–H and O–H groups in total. The second kappa shape index (κ2) is 5.71. The molecule has 0 radical (unpaired) electrons. The van der Waals surface area contributed by atoms with Gasteiger partial charge in [-0.2, -0.15) is 5.10 Å². The van der Waals surface area contributed by atoms with Crippen LogP contribution >= 0.6 is 0 Å². The number of aromatic carboxylic acids is 1. The monoisotopic (exact) mass is 266 g/mol. The van der Waals surface area contributed by atoms with Crippen molar-refractivity contribution >= 4 is 5.97 Å². The van der Waals surface area contributed by atoms with Crippen LogP contribution in [0.1, 0.15) is 49.2 Å². The minimum atomic E-state index is -0.926. The average molecular weight is 266 g/mol. The molecule has 0 aromatic carbocycles. The zero-order valence-electron chi connectivity index (χ0n) is 11.8. The van der Waals surface area contributed by atoms with Crippen molar-refractivity contribution in [2.45, 2.75) is 51.7 Å². The summed E-state index contributed by atoms with van der Waals surface area (Å²) in [6.07, 6.45) is 5.01. The Labute approximate surface area is 113 Å². The van der Waals surface area contributed by atoms with Gasteiger partial charge in [0.15, 0.2) is 0 Å². The van der Waals surface area contributed by atoms with Crippen LogP contribution in [0.4, 0.5) is 0 Å². The summed E-state index contributed by atoms with van der Waals surface area (Å²) in [6, 6.07) is 0.954. The Morgan fingerprint density at radius 1 is 1.47 bits per heavy atom. The molecule has 0 amide bonds. The molecule has 1 aromatic rings. The zero-order chi connectivity index (χ0) is 14.0. The number of nitrogens with zero attached hydrogens (tertiary/aromatic N) is 3. The normalized spacial score (nSPS) is 24.6. The number of carboxylic acid groups (broad SMARTS) is 1. The van der Waals surface area contributed by atoms with Crippen LogP contribution in [0.5, 0.6) is 0 Å². The molecule has 2 unspecified atom stereocenters. The molecule has 1 aliphatic rings. The van der Waals surface area contributed by atoms with Crippen molar-refractivity contribution in [3.8, 4) is 0 Å². The highest BCUT2D eigenvalue weighted by atomic mass is 16.4. The topological polar surface area (TPSA) is 70.4 Å². The SMILES string of the molecule is CC1CCCC(C)N1NCc1c(C(=O)O)cnn1C. The lowest BCUT2D eigenvalue weighted by Gasteiger charge is -2.39. The molecule has 2 rings (SSSR count). The first-order valence-electron chi connectivity index (χ1n) is 6.76. The Bertz CT molecular complexity index is 447. The van der Waals surface area contributed by atoms with E-state index in [9.17, 15) is 4.79 Å². The minimum absolute atomic E-state index is 0.271. The van der Waals surface area contributed by atoms with Crippen molar-refractivity contribution in [3.05, 3.63) is 17.5 Å². The molecule has 2 heterocycles. The molecule has 2 atom stereocenters. The van der Waals surface area contributed by atoms with E-state index in [0.717, 1.165) is 0 Å². The van der Waals surface area contributed by atoms with Gasteiger partial charge in [-0.05, 0) is 26.7 Å². The van der Waals surface area contributed by atoms with Crippen LogP contribution in [-0.4, -0.2) is 37.9 Å². The first-order valence-corrected chi connectivity index (χ1v) is 6.76. The molecule has 0 spiro atoms. The third kappa shape index (κ3) is 2.96. The fourth-order valence-electron chi connectivity index (χ4n) is 2.75. The van der Waals surface area contributed by atoms with Gasteiger partial charge in [0.05, 0.1) is 18.4 Å². The van der Waals surface area contributed by atoms with Gasteiger partial charge in [-0.25, -0.2) is 15.2 Å². The number of hydrogen-bond acceptors (Lipinski definition) is 4. The number of carboxylic acids is 1. The predicted molar refractivity (Wildman–Crippen MR) is 71.6 cm³/mol. The van der Waals surface area contributed by atoms with Crippen LogP contribution in [0.3, 0.4) is 0 Å². The molecule has 106 valence electrons. The maximum Gasteiger partial charge on any atom is 0.339 e. The molecular weight excluding hydrogens is 244 g/mol. The summed E-state index contributed by atoms with van der Waals surface area (Å²) < 4.78 is 1.62. The molecule has 0 aliphatic carbocycles. The molecule has 0 saturated carbocycles. The lowest BCUT2D eigenvalue weighted by atomic mass is 10.00. The largest absolute Gasteiger partial charge is 0.478 e. The molecule has 19 heavy (non-hydrogen) atoms. The van der Waals surface area contributed by atoms with Gasteiger partial charge in [0.1, 0.15) is 5.56 Å². The second-order valence-corrected chi connectivity index (χ2v) is 5.30. The van der Waals surface area contributed by atoms with Gasteiger partial charge in [-0.3, -0.25) is 4.68 Å². The molecule has 1 aromatic heterocycles. The van der Waals surface area contributed by atoms with Gasteiger partial charge in [0.25, 0.3) is 0 Å². The van der Waals surface area contributed by atoms with E-state index in [4.69, 9.17) is 5.11 Å². The Morgan fingerprint density at radius 2 is 2.11 bits per heavy atom. The molecule has 1 saturated heterocycles. The minimum Gasteiger partial charge on any atom is -0.478 e. The van der Waals surface area contributed by atoms with E-state index in [-0.39, 0.29) is 5.56 Å². The van der Waals surface area contributed by atoms with Crippen molar-refractivity contribution in [1.29, 1.82) is 0 Å². The van der Waals surface area contributed by atoms with Crippen molar-refractivity contribution in [2.75, 3.05) is 0 Å². The van der Waals surface area contributed by atoms with Crippen LogP contribution in [0.25, 0.3) is 0 Å². The molecule has 1 aliphatic heterocycles. The highest BCUT2D eigenvalue weighted by Crippen LogP contribution is 2.20. The molecule has 6 heteroatoms. The van der Waals surface area contributed by atoms with Gasteiger partial charge in [0, 0.05) is 19.1 Å². The maximum absolute atomic E-state index is 11.1. The van der Waals surface area contributed by atoms with E-state index in [1.54, 1.807) is 11.7 Å². The van der Waals surface area contributed by atoms with Gasteiger partial charge in [-0.1, -0.05) is 6.42 Å². The standard InChI is InChI=1S/C13H22N4O2/c1-9-5-4-6-10(2)17(9)15-8-12-11(13(18)19)7-14-16(12)3/h7,9-10,15H,4-6,8H2,1-3H3,(H,18,19). The summed E-state index contributed by atoms with van der Waals surface area (Å²) in [6.45, 7) is 4.89. The van der Waals surface area contributed by atoms with E-state index in [1.807, 2.05) is 0 Å². The van der Waals surface area contributed by atoms with E-state index >= 15 is 0 Å². The summed E-state index contributed by atoms with van der Waals surface area (Å²) in [5, 5.41) is 15.4. The van der Waals surface area contributed by atoms with E-state index < -0.39 is 5.97 Å². The average Bonchev–Trinajstić information content (AvgIpc) is 2.70. The quantitative estimate of drug-likeness (QED) is 0.861. The van der Waals surface area contributed by atoms with Crippen molar-refractivity contribution < 1.29 is 9.90 Å². The third-order valence-corrected chi connectivity index (χ3v) is 3.91. The number of aromatic nitrogens is 2. The van der Waals surface area contributed by atoms with Gasteiger partial charge >= 0.3 is 5.97 Å². The fourth-order valence-corrected chi connectivity index (χ4v) is 2.75. The van der Waals surface area contributed by atoms with Gasteiger partial charge in [-0.15, -0.1) is 0 Å². The first kappa shape index (κ1) is 14.0. The van der Waals surface area contributed by atoms with Crippen LogP contribution < -0.4 is 5.43 Å². The van der Waals surface area contributed by atoms with Gasteiger partial charge < -0.3 is 5.11 Å². The van der Waals surface area contributed by atoms with E-state index in [0.29, 0.717) is 24.3 Å². The number of rotatable bonds is 4. The Balaban J connectivity index is 2.05. The number of hydrazine groups is 1. The second-order valence-electron chi connectivity index (χ2n) is 5.30. The van der Waals surface area contributed by atoms with E-state index in [1.165, 1.54) is 25.5 Å². The molecular formula is C13H22N4O2. The fraction of sp³-hybridized carbons (Fsp3) is 0.692.